The predicted molar refractivity (Wildman–Crippen MR) is 61.5 cm³/mol. The van der Waals surface area contributed by atoms with Gasteiger partial charge in [-0.25, -0.2) is 0 Å². The largest absolute Gasteiger partial charge is 0.0622 e. The lowest BCUT2D eigenvalue weighted by atomic mass is 9.82. The molecule has 1 aromatic rings. The molecule has 14 heavy (non-hydrogen) atoms. The normalized spacial score (nSPS) is 34.1. The summed E-state index contributed by atoms with van der Waals surface area (Å²) in [6, 6.07) is 11.3. The molecule has 1 unspecified atom stereocenters. The summed E-state index contributed by atoms with van der Waals surface area (Å²) < 4.78 is 0. The first-order valence-electron chi connectivity index (χ1n) is 5.75. The Morgan fingerprint density at radius 2 is 1.50 bits per heavy atom. The Labute approximate surface area is 86.5 Å². The molecule has 1 heteroatoms. The van der Waals surface area contributed by atoms with Crippen LogP contribution in [0.2, 0.25) is 0 Å². The molecule has 0 radical (unpaired) electrons. The molecule has 0 bridgehead atoms. The highest BCUT2D eigenvalue weighted by molar-refractivity contribution is 7.77. The Balaban J connectivity index is 1.75. The summed E-state index contributed by atoms with van der Waals surface area (Å²) in [5.41, 5.74) is 0. The molecule has 4 rings (SSSR count). The maximum atomic E-state index is 2.37. The molecule has 1 aromatic carbocycles. The van der Waals surface area contributed by atoms with Gasteiger partial charge in [-0.1, -0.05) is 44.7 Å². The van der Waals surface area contributed by atoms with Crippen LogP contribution >= 0.6 is 7.92 Å². The van der Waals surface area contributed by atoms with Crippen LogP contribution in [-0.4, -0.2) is 10.3 Å². The maximum absolute atomic E-state index is 2.37. The molecule has 2 spiro atoms. The van der Waals surface area contributed by atoms with Crippen LogP contribution in [0.3, 0.4) is 0 Å². The molecule has 0 nitrogen and oxygen atoms in total. The standard InChI is InChI=1S/C13H15P/c1-2-5-11(6-3-1)14-12(7-4-8-12)13(14)9-10-13/h1-3,5-6H,4,7-10H2. The Morgan fingerprint density at radius 1 is 0.857 bits per heavy atom. The summed E-state index contributed by atoms with van der Waals surface area (Å²) in [6.07, 6.45) is 7.70. The van der Waals surface area contributed by atoms with Crippen molar-refractivity contribution >= 4 is 13.2 Å². The zero-order chi connectivity index (χ0) is 9.23. The molecule has 1 atom stereocenters. The van der Waals surface area contributed by atoms with Crippen LogP contribution in [0, 0.1) is 0 Å². The van der Waals surface area contributed by atoms with Gasteiger partial charge in [0.25, 0.3) is 0 Å². The van der Waals surface area contributed by atoms with Gasteiger partial charge in [0.05, 0.1) is 0 Å². The fraction of sp³-hybridized carbons (Fsp3) is 0.538. The van der Waals surface area contributed by atoms with Crippen LogP contribution in [0.1, 0.15) is 32.1 Å². The van der Waals surface area contributed by atoms with E-state index in [1.807, 2.05) is 0 Å². The zero-order valence-corrected chi connectivity index (χ0v) is 9.26. The summed E-state index contributed by atoms with van der Waals surface area (Å²) in [6.45, 7) is 0. The number of fused-ring (bicyclic) bond motifs is 1. The van der Waals surface area contributed by atoms with Gasteiger partial charge in [0.1, 0.15) is 0 Å². The minimum atomic E-state index is 0.264. The van der Waals surface area contributed by atoms with E-state index in [0.29, 0.717) is 0 Å². The molecule has 1 heterocycles. The summed E-state index contributed by atoms with van der Waals surface area (Å²) in [7, 11) is 0.264. The second-order valence-corrected chi connectivity index (χ2v) is 7.99. The van der Waals surface area contributed by atoms with E-state index in [-0.39, 0.29) is 7.92 Å². The van der Waals surface area contributed by atoms with Gasteiger partial charge in [-0.2, -0.15) is 0 Å². The maximum Gasteiger partial charge on any atom is 0.00504 e. The Kier molecular flexibility index (Phi) is 1.26. The van der Waals surface area contributed by atoms with Gasteiger partial charge >= 0.3 is 0 Å². The van der Waals surface area contributed by atoms with Crippen molar-refractivity contribution in [1.82, 2.24) is 0 Å². The van der Waals surface area contributed by atoms with Crippen molar-refractivity contribution in [3.8, 4) is 0 Å². The van der Waals surface area contributed by atoms with Crippen molar-refractivity contribution in [3.05, 3.63) is 30.3 Å². The molecule has 2 aliphatic carbocycles. The summed E-state index contributed by atoms with van der Waals surface area (Å²) in [5, 5.41) is 3.44. The van der Waals surface area contributed by atoms with Crippen molar-refractivity contribution in [2.45, 2.75) is 42.4 Å². The second-order valence-electron chi connectivity index (χ2n) is 5.09. The van der Waals surface area contributed by atoms with E-state index in [0.717, 1.165) is 10.3 Å². The monoisotopic (exact) mass is 202 g/mol. The molecular formula is C13H15P. The van der Waals surface area contributed by atoms with Gasteiger partial charge in [-0.05, 0) is 31.0 Å². The van der Waals surface area contributed by atoms with Crippen molar-refractivity contribution in [2.75, 3.05) is 0 Å². The van der Waals surface area contributed by atoms with E-state index in [2.05, 4.69) is 30.3 Å². The van der Waals surface area contributed by atoms with Gasteiger partial charge in [0, 0.05) is 10.3 Å². The number of hydrogen-bond acceptors (Lipinski definition) is 0. The second kappa shape index (κ2) is 2.25. The van der Waals surface area contributed by atoms with Crippen LogP contribution in [0.15, 0.2) is 30.3 Å². The van der Waals surface area contributed by atoms with Gasteiger partial charge in [0.2, 0.25) is 0 Å². The summed E-state index contributed by atoms with van der Waals surface area (Å²) >= 11 is 0. The average molecular weight is 202 g/mol. The number of benzene rings is 1. The predicted octanol–water partition coefficient (Wildman–Crippen LogP) is 3.26. The average Bonchev–Trinajstić information content (AvgIpc) is 3.04. The minimum Gasteiger partial charge on any atom is -0.0622 e. The van der Waals surface area contributed by atoms with Gasteiger partial charge in [0.15, 0.2) is 0 Å². The van der Waals surface area contributed by atoms with Crippen LogP contribution in [0.25, 0.3) is 0 Å². The van der Waals surface area contributed by atoms with Crippen LogP contribution in [0.5, 0.6) is 0 Å². The van der Waals surface area contributed by atoms with Crippen molar-refractivity contribution in [1.29, 1.82) is 0 Å². The molecule has 1 saturated heterocycles. The summed E-state index contributed by atoms with van der Waals surface area (Å²) in [4.78, 5) is 0. The number of rotatable bonds is 1. The molecule has 3 fully saturated rings. The summed E-state index contributed by atoms with van der Waals surface area (Å²) in [5.74, 6) is 0. The molecule has 0 amide bonds. The van der Waals surface area contributed by atoms with Gasteiger partial charge in [-0.15, -0.1) is 0 Å². The quantitative estimate of drug-likeness (QED) is 0.613. The van der Waals surface area contributed by atoms with E-state index in [1.165, 1.54) is 6.42 Å². The first kappa shape index (κ1) is 7.88. The SMILES string of the molecule is c1ccc(P2C3(CCC3)C23CC3)cc1. The molecule has 0 N–H and O–H groups in total. The Hall–Kier alpha value is -0.350. The third-order valence-corrected chi connectivity index (χ3v) is 8.64. The van der Waals surface area contributed by atoms with Crippen LogP contribution in [0.4, 0.5) is 0 Å². The highest BCUT2D eigenvalue weighted by atomic mass is 31.1. The third kappa shape index (κ3) is 0.694. The minimum absolute atomic E-state index is 0.264. The highest BCUT2D eigenvalue weighted by Gasteiger charge is 2.83. The van der Waals surface area contributed by atoms with Crippen molar-refractivity contribution in [3.63, 3.8) is 0 Å². The Bertz CT molecular complexity index is 373. The van der Waals surface area contributed by atoms with E-state index < -0.39 is 0 Å². The smallest absolute Gasteiger partial charge is 0.00504 e. The van der Waals surface area contributed by atoms with Crippen LogP contribution in [-0.2, 0) is 0 Å². The van der Waals surface area contributed by atoms with Crippen molar-refractivity contribution in [2.24, 2.45) is 0 Å². The number of hydrogen-bond donors (Lipinski definition) is 0. The van der Waals surface area contributed by atoms with Gasteiger partial charge in [-0.3, -0.25) is 0 Å². The van der Waals surface area contributed by atoms with E-state index >= 15 is 0 Å². The lowest BCUT2D eigenvalue weighted by Gasteiger charge is -2.27. The lowest BCUT2D eigenvalue weighted by molar-refractivity contribution is 0.393. The van der Waals surface area contributed by atoms with E-state index in [4.69, 9.17) is 0 Å². The molecule has 3 aliphatic rings. The Morgan fingerprint density at radius 3 is 1.93 bits per heavy atom. The zero-order valence-electron chi connectivity index (χ0n) is 8.37. The fourth-order valence-corrected chi connectivity index (χ4v) is 8.15. The molecular weight excluding hydrogens is 187 g/mol. The van der Waals surface area contributed by atoms with E-state index in [9.17, 15) is 0 Å². The fourth-order valence-electron chi connectivity index (χ4n) is 3.64. The topological polar surface area (TPSA) is 0 Å². The highest BCUT2D eigenvalue weighted by Crippen LogP contribution is 2.96. The first-order valence-corrected chi connectivity index (χ1v) is 7.09. The molecule has 1 aliphatic heterocycles. The molecule has 0 aromatic heterocycles. The van der Waals surface area contributed by atoms with Crippen LogP contribution < -0.4 is 5.30 Å². The third-order valence-electron chi connectivity index (χ3n) is 4.59. The lowest BCUT2D eigenvalue weighted by Crippen LogP contribution is -2.25. The van der Waals surface area contributed by atoms with Crippen molar-refractivity contribution < 1.29 is 0 Å². The molecule has 2 saturated carbocycles. The first-order chi connectivity index (χ1) is 6.89. The molecule has 72 valence electrons. The van der Waals surface area contributed by atoms with E-state index in [1.54, 1.807) is 31.0 Å². The van der Waals surface area contributed by atoms with Gasteiger partial charge < -0.3 is 0 Å².